The monoisotopic (exact) mass is 311 g/mol. The number of carbonyl (C=O) groups is 1. The van der Waals surface area contributed by atoms with Crippen LogP contribution in [0.5, 0.6) is 0 Å². The molecule has 2 N–H and O–H groups in total. The number of halogens is 2. The molecule has 1 fully saturated rings. The molecule has 1 aliphatic heterocycles. The van der Waals surface area contributed by atoms with Gasteiger partial charge < -0.3 is 4.90 Å². The van der Waals surface area contributed by atoms with Crippen LogP contribution < -0.4 is 10.9 Å². The van der Waals surface area contributed by atoms with Crippen LogP contribution in [0.25, 0.3) is 0 Å². The number of rotatable bonds is 5. The summed E-state index contributed by atoms with van der Waals surface area (Å²) in [5, 5.41) is 0. The lowest BCUT2D eigenvalue weighted by molar-refractivity contribution is -0.133. The second kappa shape index (κ2) is 7.15. The third-order valence-corrected chi connectivity index (χ3v) is 4.27. The Morgan fingerprint density at radius 1 is 1.36 bits per heavy atom. The third-order valence-electron chi connectivity index (χ3n) is 4.27. The van der Waals surface area contributed by atoms with E-state index in [1.807, 2.05) is 0 Å². The Hall–Kier alpha value is -1.53. The Morgan fingerprint density at radius 3 is 2.73 bits per heavy atom. The van der Waals surface area contributed by atoms with Gasteiger partial charge in [-0.1, -0.05) is 19.4 Å². The Kier molecular flexibility index (Phi) is 5.47. The van der Waals surface area contributed by atoms with Gasteiger partial charge >= 0.3 is 0 Å². The fourth-order valence-electron chi connectivity index (χ4n) is 2.75. The summed E-state index contributed by atoms with van der Waals surface area (Å²) in [4.78, 5) is 14.1. The van der Waals surface area contributed by atoms with Crippen molar-refractivity contribution >= 4 is 5.91 Å². The molecule has 0 aromatic heterocycles. The van der Waals surface area contributed by atoms with Crippen LogP contribution in [-0.2, 0) is 4.79 Å². The molecule has 0 bridgehead atoms. The van der Waals surface area contributed by atoms with Gasteiger partial charge in [0.1, 0.15) is 6.04 Å². The first-order valence-electron chi connectivity index (χ1n) is 7.66. The highest BCUT2D eigenvalue weighted by molar-refractivity contribution is 5.82. The van der Waals surface area contributed by atoms with E-state index in [9.17, 15) is 13.6 Å². The number of nitrogens with zero attached hydrogens (tertiary/aromatic N) is 1. The number of nitrogens with one attached hydrogen (secondary N) is 2. The zero-order chi connectivity index (χ0) is 16.3. The Morgan fingerprint density at radius 2 is 2.09 bits per heavy atom. The summed E-state index contributed by atoms with van der Waals surface area (Å²) >= 11 is 0. The molecular formula is C16H23F2N3O. The molecule has 1 aliphatic rings. The molecule has 0 radical (unpaired) electrons. The SMILES string of the molecule is CCCC1CC(C(=O)N(C)C(C)c2ccc(F)c(F)c2)NN1. The largest absolute Gasteiger partial charge is 0.338 e. The standard InChI is InChI=1S/C16H23F2N3O/c1-4-5-12-9-15(20-19-12)16(22)21(3)10(2)11-6-7-13(17)14(18)8-11/h6-8,10,12,15,19-20H,4-5,9H2,1-3H3. The van der Waals surface area contributed by atoms with Crippen molar-refractivity contribution in [2.24, 2.45) is 0 Å². The van der Waals surface area contributed by atoms with Crippen molar-refractivity contribution in [3.8, 4) is 0 Å². The van der Waals surface area contributed by atoms with Crippen LogP contribution in [0, 0.1) is 11.6 Å². The first-order valence-corrected chi connectivity index (χ1v) is 7.66. The summed E-state index contributed by atoms with van der Waals surface area (Å²) in [5.74, 6) is -1.83. The van der Waals surface area contributed by atoms with E-state index in [2.05, 4.69) is 17.8 Å². The van der Waals surface area contributed by atoms with Crippen LogP contribution in [0.1, 0.15) is 44.7 Å². The minimum Gasteiger partial charge on any atom is -0.338 e. The predicted molar refractivity (Wildman–Crippen MR) is 80.9 cm³/mol. The van der Waals surface area contributed by atoms with E-state index in [0.717, 1.165) is 31.4 Å². The maximum atomic E-state index is 13.3. The van der Waals surface area contributed by atoms with Crippen molar-refractivity contribution < 1.29 is 13.6 Å². The summed E-state index contributed by atoms with van der Waals surface area (Å²) in [6.07, 6.45) is 2.81. The lowest BCUT2D eigenvalue weighted by Crippen LogP contribution is -2.45. The van der Waals surface area contributed by atoms with E-state index in [1.165, 1.54) is 6.07 Å². The molecule has 1 aromatic rings. The van der Waals surface area contributed by atoms with Gasteiger partial charge in [-0.2, -0.15) is 0 Å². The molecule has 0 aliphatic carbocycles. The van der Waals surface area contributed by atoms with Crippen molar-refractivity contribution in [3.63, 3.8) is 0 Å². The summed E-state index contributed by atoms with van der Waals surface area (Å²) in [6, 6.07) is 3.43. The first kappa shape index (κ1) is 16.8. The number of hydrogen-bond acceptors (Lipinski definition) is 3. The van der Waals surface area contributed by atoms with Crippen LogP contribution in [0.3, 0.4) is 0 Å². The molecule has 3 unspecified atom stereocenters. The van der Waals surface area contributed by atoms with Crippen LogP contribution in [0.2, 0.25) is 0 Å². The topological polar surface area (TPSA) is 44.4 Å². The minimum absolute atomic E-state index is 0.0525. The Balaban J connectivity index is 2.02. The van der Waals surface area contributed by atoms with E-state index >= 15 is 0 Å². The third kappa shape index (κ3) is 3.62. The van der Waals surface area contributed by atoms with Gasteiger partial charge in [-0.25, -0.2) is 14.2 Å². The molecule has 2 rings (SSSR count). The van der Waals surface area contributed by atoms with Crippen LogP contribution in [0.15, 0.2) is 18.2 Å². The molecular weight excluding hydrogens is 288 g/mol. The van der Waals surface area contributed by atoms with Crippen molar-refractivity contribution in [2.45, 2.75) is 51.2 Å². The average Bonchev–Trinajstić information content (AvgIpc) is 2.97. The highest BCUT2D eigenvalue weighted by Crippen LogP contribution is 2.23. The Labute approximate surface area is 129 Å². The normalized spacial score (nSPS) is 22.6. The number of hydrazine groups is 1. The molecule has 122 valence electrons. The van der Waals surface area contributed by atoms with Crippen LogP contribution >= 0.6 is 0 Å². The molecule has 1 aromatic carbocycles. The molecule has 22 heavy (non-hydrogen) atoms. The zero-order valence-corrected chi connectivity index (χ0v) is 13.2. The first-order chi connectivity index (χ1) is 10.4. The van der Waals surface area contributed by atoms with E-state index in [4.69, 9.17) is 0 Å². The quantitative estimate of drug-likeness (QED) is 0.878. The number of hydrogen-bond donors (Lipinski definition) is 2. The van der Waals surface area contributed by atoms with Crippen molar-refractivity contribution in [2.75, 3.05) is 7.05 Å². The summed E-state index contributed by atoms with van der Waals surface area (Å²) in [5.41, 5.74) is 6.73. The lowest BCUT2D eigenvalue weighted by atomic mass is 10.0. The van der Waals surface area contributed by atoms with Gasteiger partial charge in [0.15, 0.2) is 11.6 Å². The molecule has 1 saturated heterocycles. The van der Waals surface area contributed by atoms with Gasteiger partial charge in [-0.3, -0.25) is 10.2 Å². The van der Waals surface area contributed by atoms with Crippen molar-refractivity contribution in [1.29, 1.82) is 0 Å². The highest BCUT2D eigenvalue weighted by Gasteiger charge is 2.32. The predicted octanol–water partition coefficient (Wildman–Crippen LogP) is 2.52. The minimum atomic E-state index is -0.895. The second-order valence-corrected chi connectivity index (χ2v) is 5.86. The molecule has 0 saturated carbocycles. The van der Waals surface area contributed by atoms with Gasteiger partial charge in [-0.05, 0) is 37.5 Å². The number of carbonyl (C=O) groups excluding carboxylic acids is 1. The van der Waals surface area contributed by atoms with E-state index < -0.39 is 11.6 Å². The fourth-order valence-corrected chi connectivity index (χ4v) is 2.75. The van der Waals surface area contributed by atoms with Crippen molar-refractivity contribution in [1.82, 2.24) is 15.8 Å². The van der Waals surface area contributed by atoms with Crippen molar-refractivity contribution in [3.05, 3.63) is 35.4 Å². The Bertz CT molecular complexity index is 538. The number of likely N-dealkylation sites (N-methyl/N-ethyl adjacent to an activating group) is 1. The fraction of sp³-hybridized carbons (Fsp3) is 0.562. The van der Waals surface area contributed by atoms with Crippen LogP contribution in [-0.4, -0.2) is 29.9 Å². The zero-order valence-electron chi connectivity index (χ0n) is 13.2. The maximum absolute atomic E-state index is 13.3. The summed E-state index contributed by atoms with van der Waals surface area (Å²) in [7, 11) is 1.68. The molecule has 0 spiro atoms. The van der Waals surface area contributed by atoms with Gasteiger partial charge in [-0.15, -0.1) is 0 Å². The highest BCUT2D eigenvalue weighted by atomic mass is 19.2. The second-order valence-electron chi connectivity index (χ2n) is 5.86. The van der Waals surface area contributed by atoms with Crippen LogP contribution in [0.4, 0.5) is 8.78 Å². The van der Waals surface area contributed by atoms with Gasteiger partial charge in [0.05, 0.1) is 6.04 Å². The molecule has 1 amide bonds. The average molecular weight is 311 g/mol. The smallest absolute Gasteiger partial charge is 0.241 e. The van der Waals surface area contributed by atoms with Gasteiger partial charge in [0.25, 0.3) is 0 Å². The summed E-state index contributed by atoms with van der Waals surface area (Å²) in [6.45, 7) is 3.91. The van der Waals surface area contributed by atoms with Gasteiger partial charge in [0, 0.05) is 13.1 Å². The molecule has 6 heteroatoms. The van der Waals surface area contributed by atoms with E-state index in [1.54, 1.807) is 18.9 Å². The summed E-state index contributed by atoms with van der Waals surface area (Å²) < 4.78 is 26.3. The molecule has 1 heterocycles. The van der Waals surface area contributed by atoms with Gasteiger partial charge in [0.2, 0.25) is 5.91 Å². The molecule has 4 nitrogen and oxygen atoms in total. The molecule has 3 atom stereocenters. The number of benzene rings is 1. The lowest BCUT2D eigenvalue weighted by Gasteiger charge is -2.27. The number of amides is 1. The van der Waals surface area contributed by atoms with E-state index in [0.29, 0.717) is 11.6 Å². The maximum Gasteiger partial charge on any atom is 0.241 e. The van der Waals surface area contributed by atoms with E-state index in [-0.39, 0.29) is 18.0 Å².